The maximum Gasteiger partial charge on any atom is 0.343 e. The SMILES string of the molecule is CC(C)C(=O)Cc1ccccc1OC(=O)c1ccccc1. The van der Waals surface area contributed by atoms with E-state index in [-0.39, 0.29) is 18.1 Å². The second kappa shape index (κ2) is 6.84. The zero-order chi connectivity index (χ0) is 15.2. The van der Waals surface area contributed by atoms with Crippen LogP contribution in [0, 0.1) is 5.92 Å². The van der Waals surface area contributed by atoms with Crippen molar-refractivity contribution in [3.63, 3.8) is 0 Å². The Kier molecular flexibility index (Phi) is 4.88. The largest absolute Gasteiger partial charge is 0.423 e. The fraction of sp³-hybridized carbons (Fsp3) is 0.222. The molecule has 0 spiro atoms. The molecule has 2 aromatic carbocycles. The van der Waals surface area contributed by atoms with Gasteiger partial charge in [0.25, 0.3) is 0 Å². The van der Waals surface area contributed by atoms with Crippen molar-refractivity contribution in [2.45, 2.75) is 20.3 Å². The Balaban J connectivity index is 2.17. The first-order chi connectivity index (χ1) is 10.1. The van der Waals surface area contributed by atoms with Crippen LogP contribution in [0.4, 0.5) is 0 Å². The van der Waals surface area contributed by atoms with Crippen LogP contribution in [0.3, 0.4) is 0 Å². The van der Waals surface area contributed by atoms with E-state index < -0.39 is 5.97 Å². The van der Waals surface area contributed by atoms with Gasteiger partial charge in [-0.1, -0.05) is 50.2 Å². The molecule has 0 aliphatic rings. The van der Waals surface area contributed by atoms with Crippen molar-refractivity contribution in [3.8, 4) is 5.75 Å². The van der Waals surface area contributed by atoms with Gasteiger partial charge in [0.2, 0.25) is 0 Å². The van der Waals surface area contributed by atoms with Gasteiger partial charge in [-0.25, -0.2) is 4.79 Å². The van der Waals surface area contributed by atoms with Crippen LogP contribution in [-0.4, -0.2) is 11.8 Å². The highest BCUT2D eigenvalue weighted by molar-refractivity contribution is 5.91. The highest BCUT2D eigenvalue weighted by atomic mass is 16.5. The number of ketones is 1. The summed E-state index contributed by atoms with van der Waals surface area (Å²) in [5, 5.41) is 0. The summed E-state index contributed by atoms with van der Waals surface area (Å²) in [5.74, 6) is 0.112. The molecule has 0 heterocycles. The summed E-state index contributed by atoms with van der Waals surface area (Å²) in [6.45, 7) is 3.72. The van der Waals surface area contributed by atoms with Crippen LogP contribution in [0.5, 0.6) is 5.75 Å². The summed E-state index contributed by atoms with van der Waals surface area (Å²) in [6.07, 6.45) is 0.274. The number of carbonyl (C=O) groups excluding carboxylic acids is 2. The minimum absolute atomic E-state index is 0.0390. The molecule has 0 aliphatic carbocycles. The third-order valence-corrected chi connectivity index (χ3v) is 3.19. The van der Waals surface area contributed by atoms with Crippen molar-refractivity contribution >= 4 is 11.8 Å². The molecule has 0 radical (unpaired) electrons. The number of esters is 1. The molecule has 0 saturated heterocycles. The predicted molar refractivity (Wildman–Crippen MR) is 81.4 cm³/mol. The zero-order valence-corrected chi connectivity index (χ0v) is 12.2. The highest BCUT2D eigenvalue weighted by Gasteiger charge is 2.14. The van der Waals surface area contributed by atoms with E-state index in [9.17, 15) is 9.59 Å². The predicted octanol–water partition coefficient (Wildman–Crippen LogP) is 3.67. The van der Waals surface area contributed by atoms with Gasteiger partial charge >= 0.3 is 5.97 Å². The number of hydrogen-bond donors (Lipinski definition) is 0. The molecule has 2 rings (SSSR count). The lowest BCUT2D eigenvalue weighted by Crippen LogP contribution is -2.13. The Bertz CT molecular complexity index is 630. The number of ether oxygens (including phenoxy) is 1. The fourth-order valence-corrected chi connectivity index (χ4v) is 1.87. The first-order valence-corrected chi connectivity index (χ1v) is 6.96. The van der Waals surface area contributed by atoms with Crippen molar-refractivity contribution in [2.75, 3.05) is 0 Å². The molecule has 0 amide bonds. The van der Waals surface area contributed by atoms with E-state index in [1.807, 2.05) is 32.0 Å². The molecule has 3 nitrogen and oxygen atoms in total. The number of para-hydroxylation sites is 1. The van der Waals surface area contributed by atoms with Crippen LogP contribution in [0.2, 0.25) is 0 Å². The minimum atomic E-state index is -0.417. The van der Waals surface area contributed by atoms with Gasteiger partial charge in [-0.2, -0.15) is 0 Å². The lowest BCUT2D eigenvalue weighted by Gasteiger charge is -2.10. The number of benzene rings is 2. The number of Topliss-reactive ketones (excluding diaryl/α,β-unsaturated/α-hetero) is 1. The molecule has 0 aromatic heterocycles. The van der Waals surface area contributed by atoms with E-state index in [2.05, 4.69) is 0 Å². The normalized spacial score (nSPS) is 10.4. The first kappa shape index (κ1) is 15.0. The van der Waals surface area contributed by atoms with Gasteiger partial charge in [0.1, 0.15) is 11.5 Å². The van der Waals surface area contributed by atoms with Crippen molar-refractivity contribution in [3.05, 3.63) is 65.7 Å². The monoisotopic (exact) mass is 282 g/mol. The van der Waals surface area contributed by atoms with Crippen molar-refractivity contribution in [1.82, 2.24) is 0 Å². The molecule has 108 valence electrons. The standard InChI is InChI=1S/C18H18O3/c1-13(2)16(19)12-15-10-6-7-11-17(15)21-18(20)14-8-4-3-5-9-14/h3-11,13H,12H2,1-2H3. The smallest absolute Gasteiger partial charge is 0.343 e. The second-order valence-electron chi connectivity index (χ2n) is 5.16. The highest BCUT2D eigenvalue weighted by Crippen LogP contribution is 2.21. The summed E-state index contributed by atoms with van der Waals surface area (Å²) in [5.41, 5.74) is 1.22. The van der Waals surface area contributed by atoms with Gasteiger partial charge in [-0.15, -0.1) is 0 Å². The zero-order valence-electron chi connectivity index (χ0n) is 12.2. The van der Waals surface area contributed by atoms with Crippen molar-refractivity contribution in [1.29, 1.82) is 0 Å². The van der Waals surface area contributed by atoms with Crippen molar-refractivity contribution in [2.24, 2.45) is 5.92 Å². The van der Waals surface area contributed by atoms with Gasteiger partial charge in [0, 0.05) is 17.9 Å². The average Bonchev–Trinajstić information content (AvgIpc) is 2.50. The molecule has 0 fully saturated rings. The lowest BCUT2D eigenvalue weighted by molar-refractivity contribution is -0.121. The summed E-state index contributed by atoms with van der Waals surface area (Å²) in [4.78, 5) is 24.0. The van der Waals surface area contributed by atoms with E-state index in [1.54, 1.807) is 36.4 Å². The summed E-state index contributed by atoms with van der Waals surface area (Å²) in [7, 11) is 0. The molecular weight excluding hydrogens is 264 g/mol. The molecule has 0 bridgehead atoms. The van der Waals surface area contributed by atoms with Crippen LogP contribution in [0.25, 0.3) is 0 Å². The molecule has 0 aliphatic heterocycles. The lowest BCUT2D eigenvalue weighted by atomic mass is 10.0. The van der Waals surface area contributed by atoms with Gasteiger partial charge in [-0.05, 0) is 18.2 Å². The van der Waals surface area contributed by atoms with Crippen LogP contribution in [-0.2, 0) is 11.2 Å². The number of rotatable bonds is 5. The Morgan fingerprint density at radius 3 is 2.24 bits per heavy atom. The quantitative estimate of drug-likeness (QED) is 0.620. The van der Waals surface area contributed by atoms with E-state index in [1.165, 1.54) is 0 Å². The minimum Gasteiger partial charge on any atom is -0.423 e. The Morgan fingerprint density at radius 1 is 0.952 bits per heavy atom. The van der Waals surface area contributed by atoms with Crippen LogP contribution >= 0.6 is 0 Å². The van der Waals surface area contributed by atoms with Gasteiger partial charge in [0.05, 0.1) is 5.56 Å². The summed E-state index contributed by atoms with van der Waals surface area (Å²) in [6, 6.07) is 16.0. The molecule has 0 atom stereocenters. The first-order valence-electron chi connectivity index (χ1n) is 6.96. The second-order valence-corrected chi connectivity index (χ2v) is 5.16. The van der Waals surface area contributed by atoms with Crippen LogP contribution in [0.1, 0.15) is 29.8 Å². The average molecular weight is 282 g/mol. The molecule has 3 heteroatoms. The third kappa shape index (κ3) is 4.02. The van der Waals surface area contributed by atoms with Gasteiger partial charge < -0.3 is 4.74 Å². The van der Waals surface area contributed by atoms with E-state index in [4.69, 9.17) is 4.74 Å². The Hall–Kier alpha value is -2.42. The molecule has 2 aromatic rings. The molecule has 0 saturated carbocycles. The van der Waals surface area contributed by atoms with Crippen LogP contribution < -0.4 is 4.74 Å². The molecule has 0 N–H and O–H groups in total. The third-order valence-electron chi connectivity index (χ3n) is 3.19. The summed E-state index contributed by atoms with van der Waals surface area (Å²) < 4.78 is 5.42. The van der Waals surface area contributed by atoms with Gasteiger partial charge in [0.15, 0.2) is 0 Å². The Morgan fingerprint density at radius 2 is 1.57 bits per heavy atom. The topological polar surface area (TPSA) is 43.4 Å². The van der Waals surface area contributed by atoms with Crippen LogP contribution in [0.15, 0.2) is 54.6 Å². The van der Waals surface area contributed by atoms with Crippen molar-refractivity contribution < 1.29 is 14.3 Å². The maximum atomic E-state index is 12.1. The van der Waals surface area contributed by atoms with E-state index >= 15 is 0 Å². The Labute approximate surface area is 124 Å². The molecule has 21 heavy (non-hydrogen) atoms. The molecule has 0 unspecified atom stereocenters. The van der Waals surface area contributed by atoms with E-state index in [0.717, 1.165) is 5.56 Å². The van der Waals surface area contributed by atoms with Gasteiger partial charge in [-0.3, -0.25) is 4.79 Å². The molecular formula is C18H18O3. The summed E-state index contributed by atoms with van der Waals surface area (Å²) >= 11 is 0. The number of carbonyl (C=O) groups is 2. The number of hydrogen-bond acceptors (Lipinski definition) is 3. The van der Waals surface area contributed by atoms with E-state index in [0.29, 0.717) is 11.3 Å². The fourth-order valence-electron chi connectivity index (χ4n) is 1.87. The maximum absolute atomic E-state index is 12.1.